The van der Waals surface area contributed by atoms with Crippen LogP contribution in [0.1, 0.15) is 18.3 Å². The van der Waals surface area contributed by atoms with Crippen molar-refractivity contribution >= 4 is 35.0 Å². The number of aromatic nitrogens is 3. The van der Waals surface area contributed by atoms with Gasteiger partial charge in [0.25, 0.3) is 0 Å². The molecule has 1 aromatic heterocycles. The van der Waals surface area contributed by atoms with Gasteiger partial charge < -0.3 is 19.5 Å². The molecule has 1 saturated heterocycles. The van der Waals surface area contributed by atoms with Crippen LogP contribution in [0.3, 0.4) is 0 Å². The molecule has 0 aliphatic carbocycles. The van der Waals surface area contributed by atoms with Crippen molar-refractivity contribution in [2.75, 3.05) is 37.4 Å². The molecule has 0 bridgehead atoms. The molecule has 7 nitrogen and oxygen atoms in total. The molecular formula is C18H25ClN5O2S+. The number of rotatable bonds is 7. The van der Waals surface area contributed by atoms with Crippen LogP contribution in [0.4, 0.5) is 5.69 Å². The molecule has 2 aromatic rings. The smallest absolute Gasteiger partial charge is 0.234 e. The highest BCUT2D eigenvalue weighted by Crippen LogP contribution is 2.21. The molecule has 2 N–H and O–H groups in total. The van der Waals surface area contributed by atoms with E-state index in [0.29, 0.717) is 10.7 Å². The third-order valence-electron chi connectivity index (χ3n) is 4.51. The number of morpholine rings is 1. The van der Waals surface area contributed by atoms with Crippen LogP contribution in [0.5, 0.6) is 0 Å². The summed E-state index contributed by atoms with van der Waals surface area (Å²) in [6, 6.07) is 5.50. The predicted molar refractivity (Wildman–Crippen MR) is 106 cm³/mol. The van der Waals surface area contributed by atoms with Crippen molar-refractivity contribution in [3.8, 4) is 0 Å². The molecule has 0 radical (unpaired) electrons. The Bertz CT molecular complexity index is 792. The maximum Gasteiger partial charge on any atom is 0.234 e. The van der Waals surface area contributed by atoms with Gasteiger partial charge in [0.05, 0.1) is 19.0 Å². The van der Waals surface area contributed by atoms with Gasteiger partial charge in [-0.2, -0.15) is 0 Å². The van der Waals surface area contributed by atoms with Crippen LogP contribution in [0.15, 0.2) is 23.4 Å². The third-order valence-corrected chi connectivity index (χ3v) is 5.88. The summed E-state index contributed by atoms with van der Waals surface area (Å²) >= 11 is 7.50. The fraction of sp³-hybridized carbons (Fsp3) is 0.500. The maximum absolute atomic E-state index is 12.3. The number of halogens is 1. The van der Waals surface area contributed by atoms with Gasteiger partial charge in [0.1, 0.15) is 19.6 Å². The Morgan fingerprint density at radius 3 is 2.85 bits per heavy atom. The van der Waals surface area contributed by atoms with Gasteiger partial charge in [0, 0.05) is 17.3 Å². The van der Waals surface area contributed by atoms with Gasteiger partial charge in [-0.1, -0.05) is 29.4 Å². The Labute approximate surface area is 168 Å². The lowest BCUT2D eigenvalue weighted by Gasteiger charge is -2.23. The first-order chi connectivity index (χ1) is 13.1. The molecule has 27 heavy (non-hydrogen) atoms. The number of amides is 1. The lowest BCUT2D eigenvalue weighted by atomic mass is 10.2. The molecule has 1 aliphatic rings. The number of nitrogens with one attached hydrogen (secondary N) is 2. The molecule has 0 spiro atoms. The zero-order valence-electron chi connectivity index (χ0n) is 15.6. The Morgan fingerprint density at radius 2 is 2.15 bits per heavy atom. The molecule has 1 amide bonds. The molecule has 1 aromatic carbocycles. The maximum atomic E-state index is 12.3. The SMILES string of the molecule is CCn1c(C[NH+]2CCOCC2)nnc1SCC(=O)Nc1ccc(C)c(Cl)c1. The molecule has 0 unspecified atom stereocenters. The quantitative estimate of drug-likeness (QED) is 0.675. The first-order valence-electron chi connectivity index (χ1n) is 9.09. The van der Waals surface area contributed by atoms with E-state index in [1.54, 1.807) is 6.07 Å². The van der Waals surface area contributed by atoms with Crippen molar-refractivity contribution in [3.63, 3.8) is 0 Å². The van der Waals surface area contributed by atoms with E-state index < -0.39 is 0 Å². The number of aryl methyl sites for hydroxylation is 1. The van der Waals surface area contributed by atoms with Crippen molar-refractivity contribution in [1.29, 1.82) is 0 Å². The van der Waals surface area contributed by atoms with E-state index in [1.165, 1.54) is 16.7 Å². The summed E-state index contributed by atoms with van der Waals surface area (Å²) < 4.78 is 7.49. The predicted octanol–water partition coefficient (Wildman–Crippen LogP) is 1.41. The number of quaternary nitrogens is 1. The normalized spacial score (nSPS) is 15.1. The van der Waals surface area contributed by atoms with E-state index in [2.05, 4.69) is 27.0 Å². The largest absolute Gasteiger partial charge is 0.370 e. The first kappa shape index (κ1) is 20.1. The number of hydrogen-bond donors (Lipinski definition) is 2. The summed E-state index contributed by atoms with van der Waals surface area (Å²) in [6.07, 6.45) is 0. The van der Waals surface area contributed by atoms with Crippen molar-refractivity contribution in [1.82, 2.24) is 14.8 Å². The summed E-state index contributed by atoms with van der Waals surface area (Å²) in [6.45, 7) is 9.17. The highest BCUT2D eigenvalue weighted by atomic mass is 35.5. The van der Waals surface area contributed by atoms with Gasteiger partial charge in [-0.15, -0.1) is 10.2 Å². The van der Waals surface area contributed by atoms with Crippen LogP contribution < -0.4 is 10.2 Å². The van der Waals surface area contributed by atoms with Gasteiger partial charge in [-0.25, -0.2) is 0 Å². The molecule has 1 fully saturated rings. The summed E-state index contributed by atoms with van der Waals surface area (Å²) in [5, 5.41) is 12.9. The number of ether oxygens (including phenoxy) is 1. The third kappa shape index (κ3) is 5.44. The second kappa shape index (κ2) is 9.54. The average Bonchev–Trinajstić information content (AvgIpc) is 3.05. The summed E-state index contributed by atoms with van der Waals surface area (Å²) in [5.41, 5.74) is 1.68. The lowest BCUT2D eigenvalue weighted by Crippen LogP contribution is -3.12. The van der Waals surface area contributed by atoms with Crippen LogP contribution in [0, 0.1) is 6.92 Å². The Hall–Kier alpha value is -1.61. The summed E-state index contributed by atoms with van der Waals surface area (Å²) in [4.78, 5) is 13.7. The summed E-state index contributed by atoms with van der Waals surface area (Å²) in [7, 11) is 0. The van der Waals surface area contributed by atoms with Crippen molar-refractivity contribution in [2.45, 2.75) is 32.1 Å². The Balaban J connectivity index is 1.56. The van der Waals surface area contributed by atoms with E-state index in [9.17, 15) is 4.79 Å². The number of nitrogens with zero attached hydrogens (tertiary/aromatic N) is 3. The van der Waals surface area contributed by atoms with Crippen molar-refractivity contribution < 1.29 is 14.4 Å². The van der Waals surface area contributed by atoms with Gasteiger partial charge >= 0.3 is 0 Å². The molecule has 2 heterocycles. The van der Waals surface area contributed by atoms with Gasteiger partial charge in [-0.3, -0.25) is 4.79 Å². The van der Waals surface area contributed by atoms with Crippen molar-refractivity contribution in [2.24, 2.45) is 0 Å². The van der Waals surface area contributed by atoms with E-state index in [0.717, 1.165) is 55.9 Å². The van der Waals surface area contributed by atoms with Crippen LogP contribution in [-0.2, 0) is 22.6 Å². The van der Waals surface area contributed by atoms with Crippen LogP contribution >= 0.6 is 23.4 Å². The minimum atomic E-state index is -0.0917. The monoisotopic (exact) mass is 410 g/mol. The minimum absolute atomic E-state index is 0.0917. The second-order valence-electron chi connectivity index (χ2n) is 6.48. The number of anilines is 1. The van der Waals surface area contributed by atoms with Crippen LogP contribution in [0.2, 0.25) is 5.02 Å². The average molecular weight is 411 g/mol. The number of carbonyl (C=O) groups excluding carboxylic acids is 1. The number of thioether (sulfide) groups is 1. The Kier molecular flexibility index (Phi) is 7.12. The van der Waals surface area contributed by atoms with E-state index in [4.69, 9.17) is 16.3 Å². The highest BCUT2D eigenvalue weighted by molar-refractivity contribution is 7.99. The zero-order valence-corrected chi connectivity index (χ0v) is 17.2. The lowest BCUT2D eigenvalue weighted by molar-refractivity contribution is -0.922. The molecule has 1 aliphatic heterocycles. The van der Waals surface area contributed by atoms with Crippen LogP contribution in [0.25, 0.3) is 0 Å². The molecule has 9 heteroatoms. The number of hydrogen-bond acceptors (Lipinski definition) is 5. The molecule has 146 valence electrons. The fourth-order valence-electron chi connectivity index (χ4n) is 2.93. The van der Waals surface area contributed by atoms with Gasteiger partial charge in [-0.05, 0) is 31.5 Å². The van der Waals surface area contributed by atoms with Gasteiger partial charge in [0.2, 0.25) is 5.91 Å². The van der Waals surface area contributed by atoms with Gasteiger partial charge in [0.15, 0.2) is 11.0 Å². The minimum Gasteiger partial charge on any atom is -0.370 e. The fourth-order valence-corrected chi connectivity index (χ4v) is 3.93. The van der Waals surface area contributed by atoms with Crippen LogP contribution in [-0.4, -0.2) is 52.7 Å². The highest BCUT2D eigenvalue weighted by Gasteiger charge is 2.20. The van der Waals surface area contributed by atoms with E-state index >= 15 is 0 Å². The zero-order chi connectivity index (χ0) is 19.2. The molecule has 0 saturated carbocycles. The summed E-state index contributed by atoms with van der Waals surface area (Å²) in [5.74, 6) is 1.14. The number of benzene rings is 1. The first-order valence-corrected chi connectivity index (χ1v) is 10.5. The number of carbonyl (C=O) groups is 1. The van der Waals surface area contributed by atoms with E-state index in [-0.39, 0.29) is 11.7 Å². The molecular weight excluding hydrogens is 386 g/mol. The van der Waals surface area contributed by atoms with E-state index in [1.807, 2.05) is 19.1 Å². The molecule has 0 atom stereocenters. The topological polar surface area (TPSA) is 73.5 Å². The Morgan fingerprint density at radius 1 is 1.37 bits per heavy atom. The van der Waals surface area contributed by atoms with Crippen molar-refractivity contribution in [3.05, 3.63) is 34.6 Å². The molecule has 3 rings (SSSR count). The second-order valence-corrected chi connectivity index (χ2v) is 7.83. The standard InChI is InChI=1S/C18H24ClN5O2S/c1-3-24-16(11-23-6-8-26-9-7-23)21-22-18(24)27-12-17(25)20-14-5-4-13(2)15(19)10-14/h4-5,10H,3,6-9,11-12H2,1-2H3,(H,20,25)/p+1.